The molecule has 5 nitrogen and oxygen atoms in total. The molecule has 1 amide bonds. The van der Waals surface area contributed by atoms with Gasteiger partial charge >= 0.3 is 0 Å². The van der Waals surface area contributed by atoms with Crippen molar-refractivity contribution in [2.45, 2.75) is 18.9 Å². The molecule has 1 unspecified atom stereocenters. The lowest BCUT2D eigenvalue weighted by Gasteiger charge is -2.19. The Morgan fingerprint density at radius 3 is 2.68 bits per heavy atom. The second-order valence-corrected chi connectivity index (χ2v) is 6.40. The molecule has 25 heavy (non-hydrogen) atoms. The second-order valence-electron chi connectivity index (χ2n) is 6.40. The number of likely N-dealkylation sites (tertiary alicyclic amines) is 1. The van der Waals surface area contributed by atoms with Gasteiger partial charge in [0.25, 0.3) is 5.91 Å². The highest BCUT2D eigenvalue weighted by Gasteiger charge is 2.28. The quantitative estimate of drug-likeness (QED) is 0.738. The lowest BCUT2D eigenvalue weighted by molar-refractivity contribution is 0.0789. The van der Waals surface area contributed by atoms with Crippen LogP contribution in [0.3, 0.4) is 0 Å². The lowest BCUT2D eigenvalue weighted by Crippen LogP contribution is -2.29. The standard InChI is InChI=1S/C20H20N4O/c25-20(23-11-10-17(12-23)16-6-2-1-3-7-16)19-9-5-4-8-18(19)13-24-15-21-14-22-24/h1-9,14-15,17H,10-13H2. The maximum absolute atomic E-state index is 13.1. The number of aromatic nitrogens is 3. The van der Waals surface area contributed by atoms with Crippen LogP contribution in [0.4, 0.5) is 0 Å². The Bertz CT molecular complexity index is 845. The molecule has 1 fully saturated rings. The lowest BCUT2D eigenvalue weighted by atomic mass is 9.99. The van der Waals surface area contributed by atoms with Crippen LogP contribution < -0.4 is 0 Å². The third kappa shape index (κ3) is 3.31. The van der Waals surface area contributed by atoms with Gasteiger partial charge in [-0.15, -0.1) is 0 Å². The van der Waals surface area contributed by atoms with Crippen LogP contribution in [-0.4, -0.2) is 38.7 Å². The van der Waals surface area contributed by atoms with Gasteiger partial charge in [0, 0.05) is 24.6 Å². The smallest absolute Gasteiger partial charge is 0.254 e. The highest BCUT2D eigenvalue weighted by atomic mass is 16.2. The molecule has 2 aromatic carbocycles. The topological polar surface area (TPSA) is 51.0 Å². The van der Waals surface area contributed by atoms with Crippen LogP contribution in [0.2, 0.25) is 0 Å². The fourth-order valence-corrected chi connectivity index (χ4v) is 3.47. The minimum atomic E-state index is 0.106. The molecule has 0 N–H and O–H groups in total. The number of carbonyl (C=O) groups excluding carboxylic acids is 1. The molecule has 0 bridgehead atoms. The molecule has 1 saturated heterocycles. The third-order valence-corrected chi connectivity index (χ3v) is 4.79. The number of hydrogen-bond donors (Lipinski definition) is 0. The molecule has 1 aromatic heterocycles. The summed E-state index contributed by atoms with van der Waals surface area (Å²) in [4.78, 5) is 19.0. The van der Waals surface area contributed by atoms with Crippen LogP contribution >= 0.6 is 0 Å². The van der Waals surface area contributed by atoms with Crippen molar-refractivity contribution in [1.29, 1.82) is 0 Å². The van der Waals surface area contributed by atoms with E-state index in [0.717, 1.165) is 30.6 Å². The van der Waals surface area contributed by atoms with Crippen molar-refractivity contribution < 1.29 is 4.79 Å². The van der Waals surface area contributed by atoms with E-state index in [4.69, 9.17) is 0 Å². The Hall–Kier alpha value is -2.95. The Labute approximate surface area is 146 Å². The minimum absolute atomic E-state index is 0.106. The molecular formula is C20H20N4O. The molecule has 5 heteroatoms. The predicted octanol–water partition coefficient (Wildman–Crippen LogP) is 2.96. The van der Waals surface area contributed by atoms with E-state index >= 15 is 0 Å². The highest BCUT2D eigenvalue weighted by Crippen LogP contribution is 2.28. The molecule has 2 heterocycles. The van der Waals surface area contributed by atoms with Crippen molar-refractivity contribution in [3.05, 3.63) is 83.9 Å². The molecule has 1 aliphatic rings. The number of rotatable bonds is 4. The zero-order valence-corrected chi connectivity index (χ0v) is 14.0. The average Bonchev–Trinajstić information content (AvgIpc) is 3.34. The summed E-state index contributed by atoms with van der Waals surface area (Å²) >= 11 is 0. The predicted molar refractivity (Wildman–Crippen MR) is 95.3 cm³/mol. The molecule has 1 aliphatic heterocycles. The van der Waals surface area contributed by atoms with Crippen molar-refractivity contribution in [3.8, 4) is 0 Å². The number of benzene rings is 2. The Kier molecular flexibility index (Phi) is 4.29. The van der Waals surface area contributed by atoms with Gasteiger partial charge in [-0.25, -0.2) is 9.67 Å². The van der Waals surface area contributed by atoms with E-state index in [-0.39, 0.29) is 5.91 Å². The normalized spacial score (nSPS) is 17.0. The summed E-state index contributed by atoms with van der Waals surface area (Å²) in [7, 11) is 0. The summed E-state index contributed by atoms with van der Waals surface area (Å²) < 4.78 is 1.74. The summed E-state index contributed by atoms with van der Waals surface area (Å²) in [6.07, 6.45) is 4.19. The molecule has 1 atom stereocenters. The third-order valence-electron chi connectivity index (χ3n) is 4.79. The van der Waals surface area contributed by atoms with Gasteiger partial charge in [0.2, 0.25) is 0 Å². The van der Waals surface area contributed by atoms with E-state index in [0.29, 0.717) is 12.5 Å². The molecular weight excluding hydrogens is 312 g/mol. The number of hydrogen-bond acceptors (Lipinski definition) is 3. The van der Waals surface area contributed by atoms with E-state index < -0.39 is 0 Å². The van der Waals surface area contributed by atoms with Gasteiger partial charge in [-0.1, -0.05) is 48.5 Å². The monoisotopic (exact) mass is 332 g/mol. The first-order valence-electron chi connectivity index (χ1n) is 8.56. The SMILES string of the molecule is O=C(c1ccccc1Cn1cncn1)N1CCC(c2ccccc2)C1. The molecule has 126 valence electrons. The first-order valence-corrected chi connectivity index (χ1v) is 8.56. The van der Waals surface area contributed by atoms with E-state index in [2.05, 4.69) is 34.3 Å². The molecule has 0 saturated carbocycles. The van der Waals surface area contributed by atoms with Crippen molar-refractivity contribution in [3.63, 3.8) is 0 Å². The zero-order chi connectivity index (χ0) is 17.1. The van der Waals surface area contributed by atoms with Crippen LogP contribution in [-0.2, 0) is 6.54 Å². The van der Waals surface area contributed by atoms with Crippen molar-refractivity contribution >= 4 is 5.91 Å². The van der Waals surface area contributed by atoms with Crippen molar-refractivity contribution in [1.82, 2.24) is 19.7 Å². The first kappa shape index (κ1) is 15.6. The molecule has 0 spiro atoms. The van der Waals surface area contributed by atoms with Crippen molar-refractivity contribution in [2.24, 2.45) is 0 Å². The van der Waals surface area contributed by atoms with E-state index in [9.17, 15) is 4.79 Å². The van der Waals surface area contributed by atoms with Gasteiger partial charge in [0.05, 0.1) is 6.54 Å². The number of nitrogens with zero attached hydrogens (tertiary/aromatic N) is 4. The van der Waals surface area contributed by atoms with Gasteiger partial charge in [-0.3, -0.25) is 4.79 Å². The van der Waals surface area contributed by atoms with E-state index in [1.807, 2.05) is 35.2 Å². The Morgan fingerprint density at radius 2 is 1.88 bits per heavy atom. The van der Waals surface area contributed by atoms with Gasteiger partial charge in [0.15, 0.2) is 0 Å². The number of carbonyl (C=O) groups is 1. The summed E-state index contributed by atoms with van der Waals surface area (Å²) in [5.41, 5.74) is 3.04. The maximum atomic E-state index is 13.1. The highest BCUT2D eigenvalue weighted by molar-refractivity contribution is 5.96. The van der Waals surface area contributed by atoms with Gasteiger partial charge in [-0.2, -0.15) is 5.10 Å². The van der Waals surface area contributed by atoms with Gasteiger partial charge in [0.1, 0.15) is 12.7 Å². The fraction of sp³-hybridized carbons (Fsp3) is 0.250. The summed E-state index contributed by atoms with van der Waals surface area (Å²) in [6.45, 7) is 2.13. The minimum Gasteiger partial charge on any atom is -0.338 e. The second kappa shape index (κ2) is 6.89. The van der Waals surface area contributed by atoms with E-state index in [1.165, 1.54) is 11.9 Å². The summed E-state index contributed by atoms with van der Waals surface area (Å²) in [5.74, 6) is 0.529. The van der Waals surface area contributed by atoms with Crippen molar-refractivity contribution in [2.75, 3.05) is 13.1 Å². The maximum Gasteiger partial charge on any atom is 0.254 e. The summed E-state index contributed by atoms with van der Waals surface area (Å²) in [5, 5.41) is 4.14. The van der Waals surface area contributed by atoms with E-state index in [1.54, 1.807) is 11.0 Å². The largest absolute Gasteiger partial charge is 0.338 e. The van der Waals surface area contributed by atoms with Crippen LogP contribution in [0.1, 0.15) is 33.8 Å². The molecule has 0 aliphatic carbocycles. The number of amides is 1. The molecule has 3 aromatic rings. The summed E-state index contributed by atoms with van der Waals surface area (Å²) in [6, 6.07) is 18.2. The average molecular weight is 332 g/mol. The van der Waals surface area contributed by atoms with Crippen LogP contribution in [0.5, 0.6) is 0 Å². The van der Waals surface area contributed by atoms with Crippen LogP contribution in [0, 0.1) is 0 Å². The molecule has 4 rings (SSSR count). The Morgan fingerprint density at radius 1 is 1.08 bits per heavy atom. The molecule has 0 radical (unpaired) electrons. The Balaban J connectivity index is 1.52. The first-order chi connectivity index (χ1) is 12.3. The van der Waals surface area contributed by atoms with Crippen LogP contribution in [0.25, 0.3) is 0 Å². The van der Waals surface area contributed by atoms with Gasteiger partial charge < -0.3 is 4.90 Å². The fourth-order valence-electron chi connectivity index (χ4n) is 3.47. The zero-order valence-electron chi connectivity index (χ0n) is 14.0. The van der Waals surface area contributed by atoms with Gasteiger partial charge in [-0.05, 0) is 23.6 Å². The van der Waals surface area contributed by atoms with Crippen LogP contribution in [0.15, 0.2) is 67.3 Å².